The van der Waals surface area contributed by atoms with E-state index in [1.807, 2.05) is 61.2 Å². The number of nitrogens with zero attached hydrogens (tertiary/aromatic N) is 3. The van der Waals surface area contributed by atoms with Gasteiger partial charge >= 0.3 is 0 Å². The van der Waals surface area contributed by atoms with E-state index in [4.69, 9.17) is 4.42 Å². The first kappa shape index (κ1) is 22.9. The van der Waals surface area contributed by atoms with Crippen LogP contribution in [0.4, 0.5) is 0 Å². The molecule has 1 aromatic carbocycles. The Morgan fingerprint density at radius 2 is 1.90 bits per heavy atom. The SMILES string of the molecule is CCNC(=NCC(=O)N(CC)Cc1ccccc1)NCC(c1ccco1)N1CCCC1. The molecule has 7 nitrogen and oxygen atoms in total. The van der Waals surface area contributed by atoms with Gasteiger partial charge in [-0.3, -0.25) is 9.69 Å². The Balaban J connectivity index is 1.59. The molecule has 1 unspecified atom stereocenters. The first-order chi connectivity index (χ1) is 15.2. The lowest BCUT2D eigenvalue weighted by atomic mass is 10.2. The molecule has 1 saturated heterocycles. The van der Waals surface area contributed by atoms with Crippen molar-refractivity contribution in [1.82, 2.24) is 20.4 Å². The fourth-order valence-corrected chi connectivity index (χ4v) is 3.91. The highest BCUT2D eigenvalue weighted by Crippen LogP contribution is 2.24. The number of hydrogen-bond acceptors (Lipinski definition) is 4. The molecule has 7 heteroatoms. The molecule has 0 aliphatic carbocycles. The van der Waals surface area contributed by atoms with Gasteiger partial charge in [-0.25, -0.2) is 4.99 Å². The normalized spacial score (nSPS) is 15.6. The summed E-state index contributed by atoms with van der Waals surface area (Å²) in [5.41, 5.74) is 1.12. The quantitative estimate of drug-likeness (QED) is 0.452. The Hall–Kier alpha value is -2.80. The summed E-state index contributed by atoms with van der Waals surface area (Å²) in [5, 5.41) is 6.67. The Bertz CT molecular complexity index is 801. The van der Waals surface area contributed by atoms with Crippen LogP contribution in [0.5, 0.6) is 0 Å². The molecule has 168 valence electrons. The lowest BCUT2D eigenvalue weighted by molar-refractivity contribution is -0.130. The van der Waals surface area contributed by atoms with Crippen molar-refractivity contribution in [3.05, 3.63) is 60.1 Å². The molecule has 2 heterocycles. The van der Waals surface area contributed by atoms with E-state index in [2.05, 4.69) is 20.5 Å². The number of likely N-dealkylation sites (N-methyl/N-ethyl adjacent to an activating group) is 1. The summed E-state index contributed by atoms with van der Waals surface area (Å²) in [6, 6.07) is 14.2. The monoisotopic (exact) mass is 425 g/mol. The minimum absolute atomic E-state index is 0.0192. The Kier molecular flexibility index (Phi) is 8.97. The third kappa shape index (κ3) is 6.85. The standard InChI is InChI=1S/C24H35N5O2/c1-3-25-24(26-17-21(22-13-10-16-31-22)29-14-8-9-15-29)27-18-23(30)28(4-2)19-20-11-6-5-7-12-20/h5-7,10-13,16,21H,3-4,8-9,14-15,17-19H2,1-2H3,(H2,25,26,27). The predicted octanol–water partition coefficient (Wildman–Crippen LogP) is 3.02. The average molecular weight is 426 g/mol. The number of nitrogens with one attached hydrogen (secondary N) is 2. The van der Waals surface area contributed by atoms with Crippen molar-refractivity contribution < 1.29 is 9.21 Å². The van der Waals surface area contributed by atoms with E-state index in [0.29, 0.717) is 25.6 Å². The third-order valence-corrected chi connectivity index (χ3v) is 5.58. The van der Waals surface area contributed by atoms with E-state index in [9.17, 15) is 4.79 Å². The van der Waals surface area contributed by atoms with E-state index >= 15 is 0 Å². The van der Waals surface area contributed by atoms with Crippen LogP contribution in [0.25, 0.3) is 0 Å². The second-order valence-electron chi connectivity index (χ2n) is 7.74. The van der Waals surface area contributed by atoms with Gasteiger partial charge < -0.3 is 20.0 Å². The number of benzene rings is 1. The molecular formula is C24H35N5O2. The van der Waals surface area contributed by atoms with Crippen molar-refractivity contribution in [2.45, 2.75) is 39.3 Å². The van der Waals surface area contributed by atoms with Gasteiger partial charge in [0.1, 0.15) is 12.3 Å². The van der Waals surface area contributed by atoms with Crippen LogP contribution in [0.15, 0.2) is 58.1 Å². The van der Waals surface area contributed by atoms with Gasteiger partial charge in [0.05, 0.1) is 12.3 Å². The van der Waals surface area contributed by atoms with Gasteiger partial charge in [0.25, 0.3) is 0 Å². The largest absolute Gasteiger partial charge is 0.468 e. The van der Waals surface area contributed by atoms with E-state index in [-0.39, 0.29) is 18.5 Å². The molecule has 1 atom stereocenters. The fourth-order valence-electron chi connectivity index (χ4n) is 3.91. The van der Waals surface area contributed by atoms with Gasteiger partial charge in [-0.05, 0) is 57.5 Å². The van der Waals surface area contributed by atoms with Crippen LogP contribution in [0.3, 0.4) is 0 Å². The zero-order valence-electron chi connectivity index (χ0n) is 18.7. The second kappa shape index (κ2) is 12.2. The highest BCUT2D eigenvalue weighted by atomic mass is 16.3. The number of furan rings is 1. The van der Waals surface area contributed by atoms with E-state index in [1.165, 1.54) is 12.8 Å². The molecule has 1 amide bonds. The molecule has 31 heavy (non-hydrogen) atoms. The van der Waals surface area contributed by atoms with Crippen LogP contribution < -0.4 is 10.6 Å². The molecule has 2 aromatic rings. The smallest absolute Gasteiger partial charge is 0.244 e. The molecular weight excluding hydrogens is 390 g/mol. The highest BCUT2D eigenvalue weighted by molar-refractivity contribution is 5.85. The molecule has 1 fully saturated rings. The second-order valence-corrected chi connectivity index (χ2v) is 7.74. The lowest BCUT2D eigenvalue weighted by Gasteiger charge is -2.27. The van der Waals surface area contributed by atoms with Crippen LogP contribution in [0.1, 0.15) is 44.1 Å². The third-order valence-electron chi connectivity index (χ3n) is 5.58. The molecule has 1 aliphatic rings. The van der Waals surface area contributed by atoms with E-state index < -0.39 is 0 Å². The lowest BCUT2D eigenvalue weighted by Crippen LogP contribution is -2.43. The number of carbonyl (C=O) groups is 1. The van der Waals surface area contributed by atoms with Crippen molar-refractivity contribution in [3.8, 4) is 0 Å². The summed E-state index contributed by atoms with van der Waals surface area (Å²) < 4.78 is 5.70. The van der Waals surface area contributed by atoms with Gasteiger partial charge in [-0.2, -0.15) is 0 Å². The van der Waals surface area contributed by atoms with Crippen LogP contribution in [-0.2, 0) is 11.3 Å². The maximum atomic E-state index is 12.8. The number of hydrogen-bond donors (Lipinski definition) is 2. The van der Waals surface area contributed by atoms with Crippen molar-refractivity contribution >= 4 is 11.9 Å². The zero-order valence-corrected chi connectivity index (χ0v) is 18.7. The Labute approximate surface area is 185 Å². The minimum atomic E-state index is 0.0192. The van der Waals surface area contributed by atoms with Crippen LogP contribution >= 0.6 is 0 Å². The Morgan fingerprint density at radius 3 is 2.55 bits per heavy atom. The Morgan fingerprint density at radius 1 is 1.13 bits per heavy atom. The van der Waals surface area contributed by atoms with Gasteiger partial charge in [-0.1, -0.05) is 30.3 Å². The predicted molar refractivity (Wildman–Crippen MR) is 124 cm³/mol. The maximum Gasteiger partial charge on any atom is 0.244 e. The van der Waals surface area contributed by atoms with Crippen LogP contribution in [-0.4, -0.2) is 60.9 Å². The molecule has 0 spiro atoms. The molecule has 3 rings (SSSR count). The number of aliphatic imine (C=N–C) groups is 1. The van der Waals surface area contributed by atoms with Gasteiger partial charge in [-0.15, -0.1) is 0 Å². The number of carbonyl (C=O) groups excluding carboxylic acids is 1. The summed E-state index contributed by atoms with van der Waals surface area (Å²) in [6.45, 7) is 8.95. The molecule has 2 N–H and O–H groups in total. The number of likely N-dealkylation sites (tertiary alicyclic amines) is 1. The van der Waals surface area contributed by atoms with Crippen LogP contribution in [0, 0.1) is 0 Å². The molecule has 0 bridgehead atoms. The maximum absolute atomic E-state index is 12.8. The van der Waals surface area contributed by atoms with Crippen molar-refractivity contribution in [2.75, 3.05) is 39.3 Å². The summed E-state index contributed by atoms with van der Waals surface area (Å²) in [6.07, 6.45) is 4.16. The molecule has 0 saturated carbocycles. The number of guanidine groups is 1. The average Bonchev–Trinajstić information content (AvgIpc) is 3.51. The number of amides is 1. The van der Waals surface area contributed by atoms with Gasteiger partial charge in [0.2, 0.25) is 5.91 Å². The topological polar surface area (TPSA) is 73.1 Å². The van der Waals surface area contributed by atoms with E-state index in [0.717, 1.165) is 31.0 Å². The summed E-state index contributed by atoms with van der Waals surface area (Å²) in [4.78, 5) is 21.6. The highest BCUT2D eigenvalue weighted by Gasteiger charge is 2.25. The first-order valence-corrected chi connectivity index (χ1v) is 11.3. The van der Waals surface area contributed by atoms with Crippen molar-refractivity contribution in [1.29, 1.82) is 0 Å². The van der Waals surface area contributed by atoms with Crippen molar-refractivity contribution in [2.24, 2.45) is 4.99 Å². The van der Waals surface area contributed by atoms with Crippen molar-refractivity contribution in [3.63, 3.8) is 0 Å². The molecule has 1 aromatic heterocycles. The zero-order chi connectivity index (χ0) is 21.9. The summed E-state index contributed by atoms with van der Waals surface area (Å²) >= 11 is 0. The summed E-state index contributed by atoms with van der Waals surface area (Å²) in [5.74, 6) is 1.63. The van der Waals surface area contributed by atoms with Gasteiger partial charge in [0, 0.05) is 26.2 Å². The molecule has 0 radical (unpaired) electrons. The summed E-state index contributed by atoms with van der Waals surface area (Å²) in [7, 11) is 0. The number of rotatable bonds is 10. The van der Waals surface area contributed by atoms with Gasteiger partial charge in [0.15, 0.2) is 5.96 Å². The minimum Gasteiger partial charge on any atom is -0.468 e. The van der Waals surface area contributed by atoms with Crippen LogP contribution in [0.2, 0.25) is 0 Å². The fraction of sp³-hybridized carbons (Fsp3) is 0.500. The first-order valence-electron chi connectivity index (χ1n) is 11.3. The van der Waals surface area contributed by atoms with E-state index in [1.54, 1.807) is 6.26 Å². The molecule has 1 aliphatic heterocycles.